The maximum Gasteiger partial charge on any atom is 0.200 e. The maximum atomic E-state index is 6.13. The molecule has 2 unspecified atom stereocenters. The van der Waals surface area contributed by atoms with Crippen LogP contribution in [0.4, 0.5) is 0 Å². The van der Waals surface area contributed by atoms with Crippen LogP contribution in [-0.4, -0.2) is 12.4 Å². The molecule has 2 heteroatoms. The van der Waals surface area contributed by atoms with Gasteiger partial charge in [0.25, 0.3) is 0 Å². The Morgan fingerprint density at radius 1 is 0.958 bits per heavy atom. The van der Waals surface area contributed by atoms with Crippen molar-refractivity contribution in [2.75, 3.05) is 0 Å². The van der Waals surface area contributed by atoms with Crippen LogP contribution in [0.2, 0.25) is 0 Å². The van der Waals surface area contributed by atoms with E-state index in [1.54, 1.807) is 0 Å². The Balaban J connectivity index is 2.78. The van der Waals surface area contributed by atoms with Crippen molar-refractivity contribution in [3.63, 3.8) is 0 Å². The van der Waals surface area contributed by atoms with Crippen LogP contribution in [0.5, 0.6) is 5.75 Å². The van der Waals surface area contributed by atoms with Crippen LogP contribution in [0.15, 0.2) is 24.3 Å². The van der Waals surface area contributed by atoms with E-state index in [0.29, 0.717) is 5.92 Å². The fraction of sp³-hybridized carbons (Fsp3) is 0.727. The second-order valence-corrected chi connectivity index (χ2v) is 8.80. The molecule has 0 saturated heterocycles. The Hall–Kier alpha value is -1.02. The zero-order valence-electron chi connectivity index (χ0n) is 17.1. The van der Waals surface area contributed by atoms with E-state index < -0.39 is 0 Å². The molecule has 2 nitrogen and oxygen atoms in total. The van der Waals surface area contributed by atoms with Gasteiger partial charge in [-0.1, -0.05) is 53.7 Å². The van der Waals surface area contributed by atoms with Gasteiger partial charge in [-0.15, -0.1) is 0 Å². The minimum Gasteiger partial charge on any atom is -0.465 e. The predicted octanol–water partition coefficient (Wildman–Crippen LogP) is 6.79. The molecule has 0 bridgehead atoms. The summed E-state index contributed by atoms with van der Waals surface area (Å²) in [7, 11) is 0. The molecule has 0 aliphatic rings. The SMILES string of the molecule is CCC(CC(C)C)c1ccc(OC(CC(C)(C)C)OC(C)C)cc1. The van der Waals surface area contributed by atoms with Crippen molar-refractivity contribution in [2.24, 2.45) is 11.3 Å². The van der Waals surface area contributed by atoms with Gasteiger partial charge in [-0.05, 0) is 61.6 Å². The first-order valence-corrected chi connectivity index (χ1v) is 9.52. The summed E-state index contributed by atoms with van der Waals surface area (Å²) in [5.41, 5.74) is 1.58. The fourth-order valence-electron chi connectivity index (χ4n) is 3.00. The first-order valence-electron chi connectivity index (χ1n) is 9.52. The third-order valence-corrected chi connectivity index (χ3v) is 4.07. The number of rotatable bonds is 9. The molecule has 1 rings (SSSR count). The van der Waals surface area contributed by atoms with Gasteiger partial charge in [0, 0.05) is 6.42 Å². The monoisotopic (exact) mass is 334 g/mol. The second-order valence-electron chi connectivity index (χ2n) is 8.80. The highest BCUT2D eigenvalue weighted by Gasteiger charge is 2.22. The number of hydrogen-bond donors (Lipinski definition) is 0. The zero-order valence-corrected chi connectivity index (χ0v) is 17.1. The first-order chi connectivity index (χ1) is 11.1. The molecule has 0 saturated carbocycles. The quantitative estimate of drug-likeness (QED) is 0.463. The summed E-state index contributed by atoms with van der Waals surface area (Å²) in [6.45, 7) is 17.6. The summed E-state index contributed by atoms with van der Waals surface area (Å²) in [6, 6.07) is 8.63. The van der Waals surface area contributed by atoms with E-state index >= 15 is 0 Å². The molecule has 0 spiro atoms. The molecule has 0 aromatic heterocycles. The standard InChI is InChI=1S/C22H38O2/c1-9-18(14-16(2)3)19-10-12-20(13-11-19)24-21(23-17(4)5)15-22(6,7)8/h10-13,16-18,21H,9,14-15H2,1-8H3. The number of hydrogen-bond acceptors (Lipinski definition) is 2. The topological polar surface area (TPSA) is 18.5 Å². The van der Waals surface area contributed by atoms with E-state index in [1.807, 2.05) is 0 Å². The molecule has 24 heavy (non-hydrogen) atoms. The van der Waals surface area contributed by atoms with Gasteiger partial charge in [0.1, 0.15) is 5.75 Å². The minimum atomic E-state index is -0.200. The third kappa shape index (κ3) is 8.19. The van der Waals surface area contributed by atoms with Gasteiger partial charge < -0.3 is 9.47 Å². The van der Waals surface area contributed by atoms with E-state index in [-0.39, 0.29) is 17.8 Å². The highest BCUT2D eigenvalue weighted by molar-refractivity contribution is 5.29. The Morgan fingerprint density at radius 2 is 1.54 bits per heavy atom. The molecule has 0 aliphatic carbocycles. The molecule has 1 aromatic carbocycles. The van der Waals surface area contributed by atoms with Crippen LogP contribution in [0.1, 0.15) is 86.1 Å². The largest absolute Gasteiger partial charge is 0.465 e. The molecule has 0 N–H and O–H groups in total. The lowest BCUT2D eigenvalue weighted by molar-refractivity contribution is -0.124. The Kier molecular flexibility index (Phi) is 8.29. The highest BCUT2D eigenvalue weighted by atomic mass is 16.7. The summed E-state index contributed by atoms with van der Waals surface area (Å²) in [6.07, 6.45) is 3.25. The van der Waals surface area contributed by atoms with E-state index in [0.717, 1.165) is 18.1 Å². The highest BCUT2D eigenvalue weighted by Crippen LogP contribution is 2.30. The molecule has 0 radical (unpaired) electrons. The lowest BCUT2D eigenvalue weighted by Crippen LogP contribution is -2.29. The van der Waals surface area contributed by atoms with Gasteiger partial charge in [0.15, 0.2) is 0 Å². The van der Waals surface area contributed by atoms with Crippen molar-refractivity contribution in [3.8, 4) is 5.75 Å². The molecular formula is C22H38O2. The average Bonchev–Trinajstić information content (AvgIpc) is 2.43. The van der Waals surface area contributed by atoms with Crippen molar-refractivity contribution in [2.45, 2.75) is 93.0 Å². The second kappa shape index (κ2) is 9.46. The summed E-state index contributed by atoms with van der Waals surface area (Å²) >= 11 is 0. The van der Waals surface area contributed by atoms with Gasteiger partial charge in [-0.2, -0.15) is 0 Å². The summed E-state index contributed by atoms with van der Waals surface area (Å²) < 4.78 is 12.1. The lowest BCUT2D eigenvalue weighted by Gasteiger charge is -2.28. The Bertz CT molecular complexity index is 454. The minimum absolute atomic E-state index is 0.159. The molecule has 138 valence electrons. The van der Waals surface area contributed by atoms with Gasteiger partial charge in [0.2, 0.25) is 6.29 Å². The van der Waals surface area contributed by atoms with Crippen molar-refractivity contribution in [1.82, 2.24) is 0 Å². The van der Waals surface area contributed by atoms with Crippen LogP contribution < -0.4 is 4.74 Å². The number of benzene rings is 1. The van der Waals surface area contributed by atoms with Crippen LogP contribution in [-0.2, 0) is 4.74 Å². The molecule has 2 atom stereocenters. The van der Waals surface area contributed by atoms with Gasteiger partial charge in [-0.3, -0.25) is 0 Å². The smallest absolute Gasteiger partial charge is 0.200 e. The summed E-state index contributed by atoms with van der Waals surface area (Å²) in [5.74, 6) is 2.26. The lowest BCUT2D eigenvalue weighted by atomic mass is 9.88. The number of ether oxygens (including phenoxy) is 2. The van der Waals surface area contributed by atoms with Crippen LogP contribution in [0.3, 0.4) is 0 Å². The Labute approximate surface area is 149 Å². The molecule has 1 aromatic rings. The molecule has 0 aliphatic heterocycles. The van der Waals surface area contributed by atoms with Crippen molar-refractivity contribution in [1.29, 1.82) is 0 Å². The van der Waals surface area contributed by atoms with Gasteiger partial charge in [0.05, 0.1) is 6.10 Å². The van der Waals surface area contributed by atoms with Crippen LogP contribution in [0, 0.1) is 11.3 Å². The summed E-state index contributed by atoms with van der Waals surface area (Å²) in [5, 5.41) is 0. The predicted molar refractivity (Wildman–Crippen MR) is 104 cm³/mol. The van der Waals surface area contributed by atoms with Crippen LogP contribution >= 0.6 is 0 Å². The van der Waals surface area contributed by atoms with Crippen molar-refractivity contribution < 1.29 is 9.47 Å². The molecule has 0 fully saturated rings. The molecule has 0 amide bonds. The Morgan fingerprint density at radius 3 is 1.96 bits per heavy atom. The first kappa shape index (κ1) is 21.0. The van der Waals surface area contributed by atoms with Crippen LogP contribution in [0.25, 0.3) is 0 Å². The average molecular weight is 335 g/mol. The maximum absolute atomic E-state index is 6.13. The van der Waals surface area contributed by atoms with E-state index in [1.165, 1.54) is 18.4 Å². The molecule has 0 heterocycles. The van der Waals surface area contributed by atoms with E-state index in [4.69, 9.17) is 9.47 Å². The van der Waals surface area contributed by atoms with E-state index in [2.05, 4.69) is 79.7 Å². The van der Waals surface area contributed by atoms with Crippen molar-refractivity contribution in [3.05, 3.63) is 29.8 Å². The van der Waals surface area contributed by atoms with Crippen molar-refractivity contribution >= 4 is 0 Å². The fourth-order valence-corrected chi connectivity index (χ4v) is 3.00. The summed E-state index contributed by atoms with van der Waals surface area (Å²) in [4.78, 5) is 0. The molecular weight excluding hydrogens is 296 g/mol. The zero-order chi connectivity index (χ0) is 18.3. The third-order valence-electron chi connectivity index (χ3n) is 4.07. The van der Waals surface area contributed by atoms with E-state index in [9.17, 15) is 0 Å². The van der Waals surface area contributed by atoms with Gasteiger partial charge in [-0.25, -0.2) is 0 Å². The van der Waals surface area contributed by atoms with Gasteiger partial charge >= 0.3 is 0 Å². The normalized spacial score (nSPS) is 14.9.